The van der Waals surface area contributed by atoms with Crippen molar-refractivity contribution in [2.24, 2.45) is 0 Å². The molecule has 1 amide bonds. The van der Waals surface area contributed by atoms with Crippen molar-refractivity contribution in [2.75, 3.05) is 5.32 Å². The highest BCUT2D eigenvalue weighted by molar-refractivity contribution is 6.36. The maximum absolute atomic E-state index is 13.0. The fraction of sp³-hybridized carbons (Fsp3) is 0. The highest BCUT2D eigenvalue weighted by Gasteiger charge is 2.12. The molecule has 1 aromatic rings. The summed E-state index contributed by atoms with van der Waals surface area (Å²) < 4.78 is 13.0. The van der Waals surface area contributed by atoms with E-state index in [9.17, 15) is 14.0 Å². The van der Waals surface area contributed by atoms with E-state index in [2.05, 4.69) is 0 Å². The van der Waals surface area contributed by atoms with Crippen LogP contribution in [-0.4, -0.2) is 17.0 Å². The number of hydrogen-bond donors (Lipinski definition) is 2. The number of aliphatic carboxylic acids is 1. The molecule has 0 bridgehead atoms. The number of hydrogen-bond acceptors (Lipinski definition) is 3. The normalized spacial score (nSPS) is 9.07. The summed E-state index contributed by atoms with van der Waals surface area (Å²) in [6.45, 7) is 0. The van der Waals surface area contributed by atoms with Crippen LogP contribution in [0.1, 0.15) is 5.56 Å². The van der Waals surface area contributed by atoms with Crippen LogP contribution in [0.4, 0.5) is 10.1 Å². The molecule has 1 aromatic carbocycles. The number of benzene rings is 1. The zero-order valence-electron chi connectivity index (χ0n) is 7.32. The summed E-state index contributed by atoms with van der Waals surface area (Å²) in [7, 11) is 0. The summed E-state index contributed by atoms with van der Waals surface area (Å²) in [6.07, 6.45) is 0. The van der Waals surface area contributed by atoms with Gasteiger partial charge in [0.25, 0.3) is 0 Å². The van der Waals surface area contributed by atoms with Crippen molar-refractivity contribution in [3.05, 3.63) is 29.6 Å². The third kappa shape index (κ3) is 2.51. The molecule has 0 unspecified atom stereocenters. The summed E-state index contributed by atoms with van der Waals surface area (Å²) in [5.41, 5.74) is -0.192. The molecule has 6 heteroatoms. The summed E-state index contributed by atoms with van der Waals surface area (Å²) in [6, 6.07) is 4.85. The van der Waals surface area contributed by atoms with Crippen molar-refractivity contribution in [3.8, 4) is 6.07 Å². The van der Waals surface area contributed by atoms with E-state index in [0.29, 0.717) is 0 Å². The molecule has 5 nitrogen and oxygen atoms in total. The molecule has 0 aliphatic rings. The summed E-state index contributed by atoms with van der Waals surface area (Å²) in [5.74, 6) is -3.75. The highest BCUT2D eigenvalue weighted by Crippen LogP contribution is 2.13. The number of carboxylic acids is 1. The molecule has 2 N–H and O–H groups in total. The number of carboxylic acid groups (broad SMARTS) is 1. The van der Waals surface area contributed by atoms with Gasteiger partial charge in [-0.3, -0.25) is 4.79 Å². The molecule has 15 heavy (non-hydrogen) atoms. The number of amides is 1. The minimum Gasteiger partial charge on any atom is -0.474 e. The second-order valence-corrected chi connectivity index (χ2v) is 2.57. The monoisotopic (exact) mass is 208 g/mol. The SMILES string of the molecule is N#Cc1ccc(NC(=O)C(=O)O)cc1F. The Morgan fingerprint density at radius 1 is 1.47 bits per heavy atom. The first kappa shape index (κ1) is 10.7. The van der Waals surface area contributed by atoms with Gasteiger partial charge in [0.1, 0.15) is 11.9 Å². The molecule has 0 aliphatic carbocycles. The van der Waals surface area contributed by atoms with Crippen LogP contribution in [0.3, 0.4) is 0 Å². The van der Waals surface area contributed by atoms with E-state index in [1.807, 2.05) is 5.32 Å². The number of nitriles is 1. The smallest absolute Gasteiger partial charge is 0.394 e. The first-order chi connectivity index (χ1) is 7.04. The van der Waals surface area contributed by atoms with E-state index in [4.69, 9.17) is 10.4 Å². The van der Waals surface area contributed by atoms with Crippen LogP contribution in [0, 0.1) is 17.1 Å². The molecular weight excluding hydrogens is 203 g/mol. The van der Waals surface area contributed by atoms with Gasteiger partial charge in [-0.15, -0.1) is 0 Å². The maximum Gasteiger partial charge on any atom is 0.394 e. The zero-order chi connectivity index (χ0) is 11.4. The quantitative estimate of drug-likeness (QED) is 0.665. The minimum absolute atomic E-state index is 0.0149. The van der Waals surface area contributed by atoms with E-state index < -0.39 is 17.7 Å². The van der Waals surface area contributed by atoms with Crippen molar-refractivity contribution in [2.45, 2.75) is 0 Å². The largest absolute Gasteiger partial charge is 0.474 e. The number of rotatable bonds is 1. The molecule has 0 heterocycles. The molecule has 0 atom stereocenters. The molecule has 1 rings (SSSR count). The fourth-order valence-corrected chi connectivity index (χ4v) is 0.868. The number of nitrogens with zero attached hydrogens (tertiary/aromatic N) is 1. The van der Waals surface area contributed by atoms with Gasteiger partial charge in [-0.05, 0) is 18.2 Å². The zero-order valence-corrected chi connectivity index (χ0v) is 7.32. The first-order valence-corrected chi connectivity index (χ1v) is 3.78. The van der Waals surface area contributed by atoms with Crippen LogP contribution >= 0.6 is 0 Å². The Kier molecular flexibility index (Phi) is 2.98. The predicted octanol–water partition coefficient (Wildman–Crippen LogP) is 0.720. The number of nitrogens with one attached hydrogen (secondary N) is 1. The molecule has 76 valence electrons. The molecule has 0 saturated carbocycles. The Bertz CT molecular complexity index is 465. The van der Waals surface area contributed by atoms with Gasteiger partial charge in [0.2, 0.25) is 0 Å². The van der Waals surface area contributed by atoms with Crippen molar-refractivity contribution in [1.29, 1.82) is 5.26 Å². The van der Waals surface area contributed by atoms with Gasteiger partial charge >= 0.3 is 11.9 Å². The standard InChI is InChI=1S/C9H5FN2O3/c10-7-3-6(2-1-5(7)4-11)12-8(13)9(14)15/h1-3H,(H,12,13)(H,14,15). The predicted molar refractivity (Wildman–Crippen MR) is 47.4 cm³/mol. The molecule has 0 aromatic heterocycles. The van der Waals surface area contributed by atoms with Crippen LogP contribution in [0.2, 0.25) is 0 Å². The Morgan fingerprint density at radius 2 is 2.13 bits per heavy atom. The van der Waals surface area contributed by atoms with E-state index in [1.165, 1.54) is 6.07 Å². The molecule has 0 aliphatic heterocycles. The van der Waals surface area contributed by atoms with Crippen molar-refractivity contribution in [3.63, 3.8) is 0 Å². The van der Waals surface area contributed by atoms with Crippen molar-refractivity contribution >= 4 is 17.6 Å². The topological polar surface area (TPSA) is 90.2 Å². The van der Waals surface area contributed by atoms with Gasteiger partial charge in [-0.25, -0.2) is 9.18 Å². The molecule has 0 spiro atoms. The Morgan fingerprint density at radius 3 is 2.60 bits per heavy atom. The lowest BCUT2D eigenvalue weighted by molar-refractivity contribution is -0.147. The second-order valence-electron chi connectivity index (χ2n) is 2.57. The molecule has 0 radical (unpaired) electrons. The van der Waals surface area contributed by atoms with E-state index in [1.54, 1.807) is 6.07 Å². The molecule has 0 fully saturated rings. The van der Waals surface area contributed by atoms with E-state index in [0.717, 1.165) is 12.1 Å². The highest BCUT2D eigenvalue weighted by atomic mass is 19.1. The lowest BCUT2D eigenvalue weighted by Crippen LogP contribution is -2.21. The number of anilines is 1. The van der Waals surface area contributed by atoms with Gasteiger partial charge in [-0.1, -0.05) is 0 Å². The maximum atomic E-state index is 13.0. The minimum atomic E-state index is -1.67. The van der Waals surface area contributed by atoms with Crippen LogP contribution in [0.15, 0.2) is 18.2 Å². The van der Waals surface area contributed by atoms with Crippen molar-refractivity contribution in [1.82, 2.24) is 0 Å². The summed E-state index contributed by atoms with van der Waals surface area (Å²) in [4.78, 5) is 20.8. The van der Waals surface area contributed by atoms with Crippen LogP contribution < -0.4 is 5.32 Å². The van der Waals surface area contributed by atoms with E-state index in [-0.39, 0.29) is 11.3 Å². The summed E-state index contributed by atoms with van der Waals surface area (Å²) >= 11 is 0. The second kappa shape index (κ2) is 4.19. The number of halogens is 1. The average Bonchev–Trinajstić information content (AvgIpc) is 2.18. The average molecular weight is 208 g/mol. The molecule has 0 saturated heterocycles. The Labute approximate surface area is 83.8 Å². The third-order valence-electron chi connectivity index (χ3n) is 1.54. The first-order valence-electron chi connectivity index (χ1n) is 3.78. The Hall–Kier alpha value is -2.42. The van der Waals surface area contributed by atoms with Crippen LogP contribution in [0.5, 0.6) is 0 Å². The van der Waals surface area contributed by atoms with E-state index >= 15 is 0 Å². The van der Waals surface area contributed by atoms with Gasteiger partial charge in [-0.2, -0.15) is 5.26 Å². The third-order valence-corrected chi connectivity index (χ3v) is 1.54. The lowest BCUT2D eigenvalue weighted by atomic mass is 10.2. The van der Waals surface area contributed by atoms with Crippen molar-refractivity contribution < 1.29 is 19.1 Å². The lowest BCUT2D eigenvalue weighted by Gasteiger charge is -2.02. The Balaban J connectivity index is 2.90. The summed E-state index contributed by atoms with van der Waals surface area (Å²) in [5, 5.41) is 18.6. The molecular formula is C9H5FN2O3. The number of carbonyl (C=O) groups excluding carboxylic acids is 1. The number of carbonyl (C=O) groups is 2. The van der Waals surface area contributed by atoms with Gasteiger partial charge in [0, 0.05) is 5.69 Å². The fourth-order valence-electron chi connectivity index (χ4n) is 0.868. The van der Waals surface area contributed by atoms with Gasteiger partial charge in [0.15, 0.2) is 0 Å². The van der Waals surface area contributed by atoms with Crippen LogP contribution in [0.25, 0.3) is 0 Å². The van der Waals surface area contributed by atoms with Gasteiger partial charge in [0.05, 0.1) is 5.56 Å². The van der Waals surface area contributed by atoms with Gasteiger partial charge < -0.3 is 10.4 Å². The van der Waals surface area contributed by atoms with Crippen LogP contribution in [-0.2, 0) is 9.59 Å².